The predicted molar refractivity (Wildman–Crippen MR) is 104 cm³/mol. The van der Waals surface area contributed by atoms with Crippen molar-refractivity contribution in [3.8, 4) is 0 Å². The van der Waals surface area contributed by atoms with Crippen molar-refractivity contribution in [2.45, 2.75) is 9.79 Å². The fourth-order valence-electron chi connectivity index (χ4n) is 2.18. The molecule has 1 aromatic heterocycles. The highest BCUT2D eigenvalue weighted by Crippen LogP contribution is 2.33. The van der Waals surface area contributed by atoms with Crippen LogP contribution >= 0.6 is 11.8 Å². The van der Waals surface area contributed by atoms with Gasteiger partial charge < -0.3 is 14.5 Å². The van der Waals surface area contributed by atoms with Gasteiger partial charge in [-0.25, -0.2) is 4.79 Å². The van der Waals surface area contributed by atoms with E-state index in [4.69, 9.17) is 9.15 Å². The summed E-state index contributed by atoms with van der Waals surface area (Å²) in [7, 11) is 0. The molecular formula is C21H17NO4S. The smallest absolute Gasteiger partial charge is 0.331 e. The Morgan fingerprint density at radius 3 is 2.56 bits per heavy atom. The van der Waals surface area contributed by atoms with Crippen LogP contribution in [0.1, 0.15) is 5.76 Å². The number of benzene rings is 2. The van der Waals surface area contributed by atoms with E-state index in [0.29, 0.717) is 11.4 Å². The zero-order valence-electron chi connectivity index (χ0n) is 14.3. The minimum atomic E-state index is -0.617. The second-order valence-corrected chi connectivity index (χ2v) is 6.53. The van der Waals surface area contributed by atoms with Crippen molar-refractivity contribution in [3.05, 3.63) is 84.8 Å². The van der Waals surface area contributed by atoms with Gasteiger partial charge in [0.05, 0.1) is 12.0 Å². The predicted octanol–water partition coefficient (Wildman–Crippen LogP) is 4.63. The highest BCUT2D eigenvalue weighted by molar-refractivity contribution is 7.99. The van der Waals surface area contributed by atoms with Gasteiger partial charge in [0.15, 0.2) is 6.61 Å². The highest BCUT2D eigenvalue weighted by Gasteiger charge is 2.09. The lowest BCUT2D eigenvalue weighted by Gasteiger charge is -2.10. The van der Waals surface area contributed by atoms with Gasteiger partial charge in [0, 0.05) is 15.9 Å². The molecule has 0 unspecified atom stereocenters. The normalized spacial score (nSPS) is 10.7. The van der Waals surface area contributed by atoms with Gasteiger partial charge in [0.2, 0.25) is 0 Å². The molecular weight excluding hydrogens is 362 g/mol. The number of esters is 1. The molecule has 0 bridgehead atoms. The first-order valence-corrected chi connectivity index (χ1v) is 9.02. The summed E-state index contributed by atoms with van der Waals surface area (Å²) in [5, 5.41) is 2.78. The molecule has 1 N–H and O–H groups in total. The Hall–Kier alpha value is -3.25. The van der Waals surface area contributed by atoms with Crippen LogP contribution in [0.15, 0.2) is 93.3 Å². The van der Waals surface area contributed by atoms with Crippen molar-refractivity contribution in [2.75, 3.05) is 11.9 Å². The molecule has 0 aliphatic carbocycles. The number of anilines is 1. The van der Waals surface area contributed by atoms with Crippen molar-refractivity contribution < 1.29 is 18.7 Å². The van der Waals surface area contributed by atoms with Crippen molar-refractivity contribution in [3.63, 3.8) is 0 Å². The Morgan fingerprint density at radius 1 is 1.00 bits per heavy atom. The lowest BCUT2D eigenvalue weighted by Crippen LogP contribution is -2.20. The quantitative estimate of drug-likeness (QED) is 0.479. The third-order valence-corrected chi connectivity index (χ3v) is 4.49. The standard InChI is InChI=1S/C21H17NO4S/c23-20(15-26-21(24)13-12-16-7-6-14-25-16)22-18-10-4-5-11-19(18)27-17-8-2-1-3-9-17/h1-14H,15H2,(H,22,23)/b13-12+. The van der Waals surface area contributed by atoms with Crippen LogP contribution in [-0.4, -0.2) is 18.5 Å². The second-order valence-electron chi connectivity index (χ2n) is 5.42. The number of rotatable bonds is 7. The first-order valence-electron chi connectivity index (χ1n) is 8.21. The molecule has 6 heteroatoms. The van der Waals surface area contributed by atoms with E-state index in [1.807, 2.05) is 54.6 Å². The summed E-state index contributed by atoms with van der Waals surface area (Å²) in [5.74, 6) is -0.493. The first-order chi connectivity index (χ1) is 13.2. The number of nitrogens with one attached hydrogen (secondary N) is 1. The van der Waals surface area contributed by atoms with Crippen LogP contribution in [0.25, 0.3) is 6.08 Å². The maximum absolute atomic E-state index is 12.1. The molecule has 5 nitrogen and oxygen atoms in total. The van der Waals surface area contributed by atoms with E-state index in [2.05, 4.69) is 5.32 Å². The Labute approximate surface area is 161 Å². The topological polar surface area (TPSA) is 68.5 Å². The van der Waals surface area contributed by atoms with Crippen LogP contribution in [0.2, 0.25) is 0 Å². The Morgan fingerprint density at radius 2 is 1.78 bits per heavy atom. The molecule has 3 aromatic rings. The van der Waals surface area contributed by atoms with Gasteiger partial charge in [0.1, 0.15) is 5.76 Å². The zero-order valence-corrected chi connectivity index (χ0v) is 15.1. The molecule has 2 aromatic carbocycles. The number of furan rings is 1. The minimum absolute atomic E-state index is 0.369. The number of carbonyl (C=O) groups excluding carboxylic acids is 2. The molecule has 0 radical (unpaired) electrons. The Kier molecular flexibility index (Phi) is 6.49. The van der Waals surface area contributed by atoms with Crippen molar-refractivity contribution in [2.24, 2.45) is 0 Å². The van der Waals surface area contributed by atoms with Crippen LogP contribution in [0, 0.1) is 0 Å². The number of ether oxygens (including phenoxy) is 1. The number of carbonyl (C=O) groups is 2. The number of hydrogen-bond donors (Lipinski definition) is 1. The molecule has 1 heterocycles. The van der Waals surface area contributed by atoms with Crippen LogP contribution in [0.4, 0.5) is 5.69 Å². The number of hydrogen-bond acceptors (Lipinski definition) is 5. The van der Waals surface area contributed by atoms with E-state index < -0.39 is 11.9 Å². The summed E-state index contributed by atoms with van der Waals surface area (Å²) in [6.07, 6.45) is 4.20. The molecule has 1 amide bonds. The first kappa shape index (κ1) is 18.5. The van der Waals surface area contributed by atoms with E-state index >= 15 is 0 Å². The largest absolute Gasteiger partial charge is 0.465 e. The molecule has 0 aliphatic heterocycles. The van der Waals surface area contributed by atoms with Crippen molar-refractivity contribution in [1.29, 1.82) is 0 Å². The molecule has 136 valence electrons. The van der Waals surface area contributed by atoms with Crippen LogP contribution in [0.5, 0.6) is 0 Å². The van der Waals surface area contributed by atoms with E-state index in [-0.39, 0.29) is 6.61 Å². The molecule has 0 saturated heterocycles. The van der Waals surface area contributed by atoms with Crippen LogP contribution < -0.4 is 5.32 Å². The van der Waals surface area contributed by atoms with E-state index in [1.54, 1.807) is 23.9 Å². The average molecular weight is 379 g/mol. The van der Waals surface area contributed by atoms with Gasteiger partial charge in [-0.15, -0.1) is 0 Å². The molecule has 0 spiro atoms. The molecule has 0 aliphatic rings. The molecule has 3 rings (SSSR count). The molecule has 0 atom stereocenters. The van der Waals surface area contributed by atoms with Crippen molar-refractivity contribution >= 4 is 35.4 Å². The fourth-order valence-corrected chi connectivity index (χ4v) is 3.10. The second kappa shape index (κ2) is 9.45. The maximum Gasteiger partial charge on any atom is 0.331 e. The third-order valence-electron chi connectivity index (χ3n) is 3.40. The molecule has 27 heavy (non-hydrogen) atoms. The average Bonchev–Trinajstić information content (AvgIpc) is 3.21. The summed E-state index contributed by atoms with van der Waals surface area (Å²) >= 11 is 1.54. The van der Waals surface area contributed by atoms with E-state index in [9.17, 15) is 9.59 Å². The lowest BCUT2D eigenvalue weighted by molar-refractivity contribution is -0.142. The summed E-state index contributed by atoms with van der Waals surface area (Å²) in [6, 6.07) is 20.7. The molecule has 0 saturated carbocycles. The lowest BCUT2D eigenvalue weighted by atomic mass is 10.3. The minimum Gasteiger partial charge on any atom is -0.465 e. The van der Waals surface area contributed by atoms with E-state index in [0.717, 1.165) is 9.79 Å². The van der Waals surface area contributed by atoms with E-state index in [1.165, 1.54) is 18.4 Å². The van der Waals surface area contributed by atoms with Crippen molar-refractivity contribution in [1.82, 2.24) is 0 Å². The van der Waals surface area contributed by atoms with Gasteiger partial charge in [-0.05, 0) is 42.5 Å². The van der Waals surface area contributed by atoms with Crippen LogP contribution in [-0.2, 0) is 14.3 Å². The highest BCUT2D eigenvalue weighted by atomic mass is 32.2. The van der Waals surface area contributed by atoms with Gasteiger partial charge >= 0.3 is 5.97 Å². The maximum atomic E-state index is 12.1. The van der Waals surface area contributed by atoms with Crippen LogP contribution in [0.3, 0.4) is 0 Å². The Bertz CT molecular complexity index is 920. The number of amides is 1. The SMILES string of the molecule is O=C(COC(=O)/C=C/c1ccco1)Nc1ccccc1Sc1ccccc1. The fraction of sp³-hybridized carbons (Fsp3) is 0.0476. The van der Waals surface area contributed by atoms with Gasteiger partial charge in [0.25, 0.3) is 5.91 Å². The monoisotopic (exact) mass is 379 g/mol. The van der Waals surface area contributed by atoms with Gasteiger partial charge in [-0.1, -0.05) is 42.1 Å². The Balaban J connectivity index is 1.54. The molecule has 0 fully saturated rings. The van der Waals surface area contributed by atoms with Gasteiger partial charge in [-0.2, -0.15) is 0 Å². The summed E-state index contributed by atoms with van der Waals surface area (Å²) in [6.45, 7) is -0.369. The number of para-hydroxylation sites is 1. The van der Waals surface area contributed by atoms with Gasteiger partial charge in [-0.3, -0.25) is 4.79 Å². The summed E-state index contributed by atoms with van der Waals surface area (Å²) < 4.78 is 10.0. The zero-order chi connectivity index (χ0) is 18.9. The third kappa shape index (κ3) is 5.90. The summed E-state index contributed by atoms with van der Waals surface area (Å²) in [5.41, 5.74) is 0.665. The summed E-state index contributed by atoms with van der Waals surface area (Å²) in [4.78, 5) is 25.8.